The topological polar surface area (TPSA) is 134 Å². The van der Waals surface area contributed by atoms with Crippen LogP contribution in [0.15, 0.2) is 54.7 Å². The zero-order chi connectivity index (χ0) is 29.2. The summed E-state index contributed by atoms with van der Waals surface area (Å²) < 4.78 is 1.66. The van der Waals surface area contributed by atoms with Crippen LogP contribution < -0.4 is 16.4 Å². The van der Waals surface area contributed by atoms with E-state index in [1.807, 2.05) is 55.6 Å². The van der Waals surface area contributed by atoms with Gasteiger partial charge in [0.15, 0.2) is 5.65 Å². The number of unbranched alkanes of at least 4 members (excludes halogenated alkanes) is 2. The Kier molecular flexibility index (Phi) is 10.2. The van der Waals surface area contributed by atoms with E-state index in [1.165, 1.54) is 0 Å². The molecule has 0 unspecified atom stereocenters. The molecule has 2 heterocycles. The summed E-state index contributed by atoms with van der Waals surface area (Å²) in [7, 11) is 1.83. The third kappa shape index (κ3) is 7.79. The molecular weight excluding hydrogens is 518 g/mol. The number of nitrogens with one attached hydrogen (secondary N) is 2. The van der Waals surface area contributed by atoms with Crippen molar-refractivity contribution in [3.05, 3.63) is 65.9 Å². The van der Waals surface area contributed by atoms with Gasteiger partial charge < -0.3 is 31.0 Å². The van der Waals surface area contributed by atoms with Gasteiger partial charge in [-0.1, -0.05) is 26.0 Å². The van der Waals surface area contributed by atoms with E-state index in [2.05, 4.69) is 34.5 Å². The van der Waals surface area contributed by atoms with Crippen LogP contribution in [0, 0.1) is 0 Å². The Labute approximate surface area is 240 Å². The standard InChI is InChI=1S/C30H39N9O2/c1-4-38(5-2)17-16-37(3)28(41)22-12-9-14-25(19-22)34-30-36-29(33-26-15-10-13-24(31)20-26)35-27-23(21-32-39(27)30)11-7-6-8-18-40/h9-10,12-15,18-21H,4-8,11,16-17,31H2,1-3H3,(H2,33,34,35,36). The molecule has 4 aromatic rings. The highest BCUT2D eigenvalue weighted by Gasteiger charge is 2.16. The van der Waals surface area contributed by atoms with Gasteiger partial charge in [-0.2, -0.15) is 19.6 Å². The second-order valence-corrected chi connectivity index (χ2v) is 9.90. The molecule has 0 saturated carbocycles. The number of carbonyl (C=O) groups excluding carboxylic acids is 2. The number of benzene rings is 2. The highest BCUT2D eigenvalue weighted by Crippen LogP contribution is 2.24. The van der Waals surface area contributed by atoms with Crippen LogP contribution in [0.5, 0.6) is 0 Å². The summed E-state index contributed by atoms with van der Waals surface area (Å²) in [6, 6.07) is 14.7. The maximum atomic E-state index is 13.2. The van der Waals surface area contributed by atoms with Crippen LogP contribution >= 0.6 is 0 Å². The van der Waals surface area contributed by atoms with Gasteiger partial charge in [0.25, 0.3) is 5.91 Å². The molecule has 0 saturated heterocycles. The maximum absolute atomic E-state index is 13.2. The molecule has 0 fully saturated rings. The van der Waals surface area contributed by atoms with E-state index >= 15 is 0 Å². The number of carbonyl (C=O) groups is 2. The van der Waals surface area contributed by atoms with Crippen molar-refractivity contribution in [2.75, 3.05) is 49.6 Å². The molecule has 0 aliphatic carbocycles. The molecule has 0 aliphatic heterocycles. The van der Waals surface area contributed by atoms with Gasteiger partial charge in [0.1, 0.15) is 6.29 Å². The molecule has 1 amide bonds. The number of nitrogens with zero attached hydrogens (tertiary/aromatic N) is 6. The summed E-state index contributed by atoms with van der Waals surface area (Å²) in [4.78, 5) is 37.4. The van der Waals surface area contributed by atoms with E-state index in [4.69, 9.17) is 15.7 Å². The number of hydrogen-bond donors (Lipinski definition) is 3. The highest BCUT2D eigenvalue weighted by molar-refractivity contribution is 5.95. The van der Waals surface area contributed by atoms with Crippen LogP contribution in [-0.4, -0.2) is 74.8 Å². The summed E-state index contributed by atoms with van der Waals surface area (Å²) >= 11 is 0. The molecule has 0 spiro atoms. The monoisotopic (exact) mass is 557 g/mol. The van der Waals surface area contributed by atoms with Crippen LogP contribution in [-0.2, 0) is 11.2 Å². The first kappa shape index (κ1) is 29.5. The first-order valence-electron chi connectivity index (χ1n) is 14.1. The van der Waals surface area contributed by atoms with Gasteiger partial charge in [0.05, 0.1) is 6.20 Å². The number of likely N-dealkylation sites (N-methyl/N-ethyl adjacent to an activating group) is 2. The van der Waals surface area contributed by atoms with Gasteiger partial charge in [-0.25, -0.2) is 0 Å². The van der Waals surface area contributed by atoms with Gasteiger partial charge >= 0.3 is 0 Å². The van der Waals surface area contributed by atoms with Crippen LogP contribution in [0.25, 0.3) is 5.65 Å². The fourth-order valence-electron chi connectivity index (χ4n) is 4.54. The number of aromatic nitrogens is 4. The summed E-state index contributed by atoms with van der Waals surface area (Å²) in [5.74, 6) is 0.776. The Bertz CT molecular complexity index is 1470. The van der Waals surface area contributed by atoms with E-state index in [9.17, 15) is 9.59 Å². The molecule has 41 heavy (non-hydrogen) atoms. The number of amides is 1. The van der Waals surface area contributed by atoms with E-state index in [1.54, 1.807) is 15.6 Å². The smallest absolute Gasteiger partial charge is 0.253 e. The molecule has 4 rings (SSSR count). The molecule has 0 atom stereocenters. The van der Waals surface area contributed by atoms with Crippen LogP contribution in [0.3, 0.4) is 0 Å². The van der Waals surface area contributed by atoms with Gasteiger partial charge in [0.2, 0.25) is 11.9 Å². The summed E-state index contributed by atoms with van der Waals surface area (Å²) in [5, 5.41) is 11.1. The van der Waals surface area contributed by atoms with Gasteiger partial charge in [-0.3, -0.25) is 4.79 Å². The van der Waals surface area contributed by atoms with Crippen LogP contribution in [0.2, 0.25) is 0 Å². The van der Waals surface area contributed by atoms with Crippen molar-refractivity contribution in [1.82, 2.24) is 29.4 Å². The Hall–Kier alpha value is -4.51. The summed E-state index contributed by atoms with van der Waals surface area (Å²) in [6.45, 7) is 7.62. The minimum Gasteiger partial charge on any atom is -0.399 e. The number of nitrogens with two attached hydrogens (primary N) is 1. The van der Waals surface area contributed by atoms with Crippen molar-refractivity contribution >= 4 is 46.8 Å². The van der Waals surface area contributed by atoms with E-state index in [-0.39, 0.29) is 5.91 Å². The third-order valence-corrected chi connectivity index (χ3v) is 6.96. The van der Waals surface area contributed by atoms with Gasteiger partial charge in [-0.15, -0.1) is 0 Å². The second-order valence-electron chi connectivity index (χ2n) is 9.90. The second kappa shape index (κ2) is 14.2. The zero-order valence-corrected chi connectivity index (χ0v) is 24.0. The Morgan fingerprint density at radius 1 is 1.00 bits per heavy atom. The van der Waals surface area contributed by atoms with E-state index < -0.39 is 0 Å². The summed E-state index contributed by atoms with van der Waals surface area (Å²) in [6.07, 6.45) is 5.63. The lowest BCUT2D eigenvalue weighted by atomic mass is 10.1. The average Bonchev–Trinajstić information content (AvgIpc) is 3.38. The van der Waals surface area contributed by atoms with Crippen LogP contribution in [0.4, 0.5) is 29.0 Å². The molecular formula is C30H39N9O2. The fraction of sp³-hybridized carbons (Fsp3) is 0.367. The number of anilines is 5. The van der Waals surface area contributed by atoms with E-state index in [0.717, 1.165) is 56.4 Å². The molecule has 0 radical (unpaired) electrons. The highest BCUT2D eigenvalue weighted by atomic mass is 16.2. The molecule has 0 aliphatic rings. The van der Waals surface area contributed by atoms with Crippen LogP contribution in [0.1, 0.15) is 49.0 Å². The van der Waals surface area contributed by atoms with Crippen molar-refractivity contribution in [2.24, 2.45) is 0 Å². The number of nitrogen functional groups attached to an aromatic ring is 1. The lowest BCUT2D eigenvalue weighted by Crippen LogP contribution is -2.36. The van der Waals surface area contributed by atoms with Crippen molar-refractivity contribution in [1.29, 1.82) is 0 Å². The van der Waals surface area contributed by atoms with Gasteiger partial charge in [0, 0.05) is 54.7 Å². The number of rotatable bonds is 15. The molecule has 11 nitrogen and oxygen atoms in total. The zero-order valence-electron chi connectivity index (χ0n) is 24.0. The molecule has 4 N–H and O–H groups in total. The molecule has 2 aromatic heterocycles. The predicted molar refractivity (Wildman–Crippen MR) is 163 cm³/mol. The minimum absolute atomic E-state index is 0.0469. The molecule has 11 heteroatoms. The third-order valence-electron chi connectivity index (χ3n) is 6.96. The van der Waals surface area contributed by atoms with Gasteiger partial charge in [-0.05, 0) is 68.8 Å². The Balaban J connectivity index is 1.60. The van der Waals surface area contributed by atoms with Crippen molar-refractivity contribution < 1.29 is 9.59 Å². The van der Waals surface area contributed by atoms with Crippen molar-refractivity contribution in [3.63, 3.8) is 0 Å². The van der Waals surface area contributed by atoms with Crippen molar-refractivity contribution in [3.8, 4) is 0 Å². The fourth-order valence-corrected chi connectivity index (χ4v) is 4.54. The number of fused-ring (bicyclic) bond motifs is 1. The molecule has 216 valence electrons. The predicted octanol–water partition coefficient (Wildman–Crippen LogP) is 4.52. The average molecular weight is 558 g/mol. The Morgan fingerprint density at radius 3 is 2.49 bits per heavy atom. The lowest BCUT2D eigenvalue weighted by molar-refractivity contribution is -0.107. The normalized spacial score (nSPS) is 11.1. The maximum Gasteiger partial charge on any atom is 0.253 e. The van der Waals surface area contributed by atoms with E-state index in [0.29, 0.717) is 47.4 Å². The summed E-state index contributed by atoms with van der Waals surface area (Å²) in [5.41, 5.74) is 10.2. The van der Waals surface area contributed by atoms with Crippen molar-refractivity contribution in [2.45, 2.75) is 39.5 Å². The number of hydrogen-bond acceptors (Lipinski definition) is 9. The lowest BCUT2D eigenvalue weighted by Gasteiger charge is -2.23. The number of aryl methyl sites for hydroxylation is 1. The first-order valence-corrected chi connectivity index (χ1v) is 14.1. The number of aldehydes is 1. The Morgan fingerprint density at radius 2 is 1.76 bits per heavy atom. The quantitative estimate of drug-likeness (QED) is 0.110. The SMILES string of the molecule is CCN(CC)CCN(C)C(=O)c1cccc(Nc2nc(Nc3cccc(N)c3)nc3c(CCCCC=O)cnn23)c1. The first-order chi connectivity index (χ1) is 19.9. The molecule has 2 aromatic carbocycles. The minimum atomic E-state index is -0.0469. The largest absolute Gasteiger partial charge is 0.399 e. The molecule has 0 bridgehead atoms.